The number of aliphatic hydroxyl groups is 1. The van der Waals surface area contributed by atoms with E-state index in [2.05, 4.69) is 23.1 Å². The van der Waals surface area contributed by atoms with E-state index in [-0.39, 0.29) is 0 Å². The average Bonchev–Trinajstić information content (AvgIpc) is 2.35. The summed E-state index contributed by atoms with van der Waals surface area (Å²) < 4.78 is 0. The Morgan fingerprint density at radius 2 is 2.18 bits per heavy atom. The van der Waals surface area contributed by atoms with Crippen molar-refractivity contribution >= 4 is 0 Å². The highest BCUT2D eigenvalue weighted by Gasteiger charge is 2.38. The molecule has 0 amide bonds. The molecule has 0 unspecified atom stereocenters. The molecule has 0 bridgehead atoms. The number of benzene rings is 1. The molecule has 1 N–H and O–H groups in total. The highest BCUT2D eigenvalue weighted by atomic mass is 16.3. The van der Waals surface area contributed by atoms with Crippen LogP contribution in [0.5, 0.6) is 0 Å². The quantitative estimate of drug-likeness (QED) is 0.842. The monoisotopic (exact) mass is 230 g/mol. The lowest BCUT2D eigenvalue weighted by Crippen LogP contribution is -2.48. The fourth-order valence-electron chi connectivity index (χ4n) is 2.21. The molecule has 0 aliphatic carbocycles. The summed E-state index contributed by atoms with van der Waals surface area (Å²) in [6.45, 7) is 4.14. The molecule has 17 heavy (non-hydrogen) atoms. The molecule has 1 aliphatic heterocycles. The van der Waals surface area contributed by atoms with Crippen LogP contribution in [-0.4, -0.2) is 29.2 Å². The van der Waals surface area contributed by atoms with Gasteiger partial charge in [-0.25, -0.2) is 0 Å². The van der Waals surface area contributed by atoms with Crippen molar-refractivity contribution in [2.75, 3.05) is 13.1 Å². The van der Waals surface area contributed by atoms with Crippen LogP contribution in [0.3, 0.4) is 0 Å². The van der Waals surface area contributed by atoms with E-state index in [4.69, 9.17) is 5.26 Å². The molecule has 3 heteroatoms. The minimum absolute atomic E-state index is 0.551. The van der Waals surface area contributed by atoms with Crippen molar-refractivity contribution in [3.05, 3.63) is 35.9 Å². The molecule has 90 valence electrons. The predicted molar refractivity (Wildman–Crippen MR) is 66.1 cm³/mol. The third-order valence-corrected chi connectivity index (χ3v) is 3.62. The standard InChI is InChI=1S/C14H18N2O/c1-14(11-15)7-8-16(10-13(14)17)9-12-5-3-2-4-6-12/h2-6,13,17H,7-10H2,1H3/t13-,14-/m1/s1. The number of piperidine rings is 1. The van der Waals surface area contributed by atoms with E-state index in [0.717, 1.165) is 19.5 Å². The molecule has 1 fully saturated rings. The van der Waals surface area contributed by atoms with E-state index in [9.17, 15) is 5.11 Å². The Balaban J connectivity index is 1.97. The van der Waals surface area contributed by atoms with Gasteiger partial charge in [-0.2, -0.15) is 5.26 Å². The van der Waals surface area contributed by atoms with Crippen LogP contribution in [0.2, 0.25) is 0 Å². The van der Waals surface area contributed by atoms with Crippen LogP contribution < -0.4 is 0 Å². The molecule has 0 aromatic heterocycles. The second kappa shape index (κ2) is 4.87. The Kier molecular flexibility index (Phi) is 3.46. The Labute approximate surface area is 102 Å². The molecule has 3 nitrogen and oxygen atoms in total. The van der Waals surface area contributed by atoms with Gasteiger partial charge in [-0.15, -0.1) is 0 Å². The van der Waals surface area contributed by atoms with Crippen LogP contribution in [0.25, 0.3) is 0 Å². The van der Waals surface area contributed by atoms with Gasteiger partial charge in [-0.3, -0.25) is 4.90 Å². The minimum atomic E-state index is -0.576. The van der Waals surface area contributed by atoms with E-state index in [1.807, 2.05) is 25.1 Å². The lowest BCUT2D eigenvalue weighted by Gasteiger charge is -2.39. The van der Waals surface area contributed by atoms with Crippen LogP contribution in [0.15, 0.2) is 30.3 Å². The molecule has 1 aromatic rings. The lowest BCUT2D eigenvalue weighted by atomic mass is 9.79. The Morgan fingerprint density at radius 1 is 1.47 bits per heavy atom. The second-order valence-corrected chi connectivity index (χ2v) is 5.02. The summed E-state index contributed by atoms with van der Waals surface area (Å²) in [5, 5.41) is 19.1. The lowest BCUT2D eigenvalue weighted by molar-refractivity contribution is -0.00809. The summed E-state index contributed by atoms with van der Waals surface area (Å²) in [6, 6.07) is 12.5. The zero-order valence-corrected chi connectivity index (χ0v) is 10.1. The maximum absolute atomic E-state index is 10.0. The summed E-state index contributed by atoms with van der Waals surface area (Å²) in [5.74, 6) is 0. The molecule has 1 saturated heterocycles. The van der Waals surface area contributed by atoms with E-state index in [1.165, 1.54) is 5.56 Å². The van der Waals surface area contributed by atoms with Gasteiger partial charge in [0.15, 0.2) is 0 Å². The van der Waals surface area contributed by atoms with Crippen molar-refractivity contribution in [2.24, 2.45) is 5.41 Å². The number of nitrogens with zero attached hydrogens (tertiary/aromatic N) is 2. The van der Waals surface area contributed by atoms with Crippen molar-refractivity contribution < 1.29 is 5.11 Å². The molecular formula is C14H18N2O. The molecular weight excluding hydrogens is 212 g/mol. The van der Waals surface area contributed by atoms with Crippen molar-refractivity contribution in [3.8, 4) is 6.07 Å². The third kappa shape index (κ3) is 2.66. The SMILES string of the molecule is C[C@]1(C#N)CCN(Cc2ccccc2)C[C@H]1O. The van der Waals surface area contributed by atoms with Crippen LogP contribution in [0.1, 0.15) is 18.9 Å². The normalized spacial score (nSPS) is 29.8. The van der Waals surface area contributed by atoms with Crippen LogP contribution >= 0.6 is 0 Å². The molecule has 0 radical (unpaired) electrons. The molecule has 1 aromatic carbocycles. The first-order valence-electron chi connectivity index (χ1n) is 6.00. The predicted octanol–water partition coefficient (Wildman–Crippen LogP) is 1.78. The van der Waals surface area contributed by atoms with Gasteiger partial charge >= 0.3 is 0 Å². The van der Waals surface area contributed by atoms with Crippen LogP contribution in [0, 0.1) is 16.7 Å². The number of aliphatic hydroxyl groups excluding tert-OH is 1. The van der Waals surface area contributed by atoms with E-state index >= 15 is 0 Å². The zero-order valence-electron chi connectivity index (χ0n) is 10.1. The summed E-state index contributed by atoms with van der Waals surface area (Å²) in [4.78, 5) is 2.21. The third-order valence-electron chi connectivity index (χ3n) is 3.62. The number of rotatable bonds is 2. The zero-order chi connectivity index (χ0) is 12.3. The van der Waals surface area contributed by atoms with E-state index in [1.54, 1.807) is 0 Å². The van der Waals surface area contributed by atoms with Crippen molar-refractivity contribution in [3.63, 3.8) is 0 Å². The van der Waals surface area contributed by atoms with Gasteiger partial charge in [0, 0.05) is 19.6 Å². The molecule has 0 spiro atoms. The maximum atomic E-state index is 10.0. The minimum Gasteiger partial charge on any atom is -0.390 e. The van der Waals surface area contributed by atoms with Gasteiger partial charge in [-0.1, -0.05) is 30.3 Å². The Hall–Kier alpha value is -1.37. The largest absolute Gasteiger partial charge is 0.390 e. The molecule has 1 heterocycles. The fourth-order valence-corrected chi connectivity index (χ4v) is 2.21. The van der Waals surface area contributed by atoms with Gasteiger partial charge in [0.25, 0.3) is 0 Å². The fraction of sp³-hybridized carbons (Fsp3) is 0.500. The summed E-state index contributed by atoms with van der Waals surface area (Å²) in [6.07, 6.45) is 0.183. The number of nitriles is 1. The van der Waals surface area contributed by atoms with Gasteiger partial charge in [0.05, 0.1) is 17.6 Å². The highest BCUT2D eigenvalue weighted by Crippen LogP contribution is 2.30. The Bertz CT molecular complexity index is 412. The van der Waals surface area contributed by atoms with Gasteiger partial charge in [-0.05, 0) is 18.9 Å². The first kappa shape index (κ1) is 12.1. The molecule has 1 aliphatic rings. The maximum Gasteiger partial charge on any atom is 0.0851 e. The van der Waals surface area contributed by atoms with Crippen LogP contribution in [0.4, 0.5) is 0 Å². The molecule has 2 atom stereocenters. The van der Waals surface area contributed by atoms with Gasteiger partial charge in [0.1, 0.15) is 0 Å². The van der Waals surface area contributed by atoms with Crippen LogP contribution in [-0.2, 0) is 6.54 Å². The number of β-amino-alcohol motifs (C(OH)–C–C–N with tert-alkyl or cyclic N) is 1. The van der Waals surface area contributed by atoms with E-state index < -0.39 is 11.5 Å². The first-order valence-corrected chi connectivity index (χ1v) is 6.00. The average molecular weight is 230 g/mol. The van der Waals surface area contributed by atoms with Gasteiger partial charge in [0.2, 0.25) is 0 Å². The smallest absolute Gasteiger partial charge is 0.0851 e. The second-order valence-electron chi connectivity index (χ2n) is 5.02. The number of likely N-dealkylation sites (tertiary alicyclic amines) is 1. The molecule has 0 saturated carbocycles. The van der Waals surface area contributed by atoms with Crippen molar-refractivity contribution in [1.29, 1.82) is 5.26 Å². The number of hydrogen-bond acceptors (Lipinski definition) is 3. The topological polar surface area (TPSA) is 47.3 Å². The summed E-state index contributed by atoms with van der Waals surface area (Å²) in [5.41, 5.74) is 0.674. The summed E-state index contributed by atoms with van der Waals surface area (Å²) >= 11 is 0. The molecule has 2 rings (SSSR count). The first-order chi connectivity index (χ1) is 8.14. The van der Waals surface area contributed by atoms with Crippen molar-refractivity contribution in [1.82, 2.24) is 4.90 Å². The van der Waals surface area contributed by atoms with E-state index in [0.29, 0.717) is 6.54 Å². The number of hydrogen-bond donors (Lipinski definition) is 1. The summed E-state index contributed by atoms with van der Waals surface area (Å²) in [7, 11) is 0. The van der Waals surface area contributed by atoms with Crippen molar-refractivity contribution in [2.45, 2.75) is 26.0 Å². The Morgan fingerprint density at radius 3 is 2.76 bits per heavy atom. The highest BCUT2D eigenvalue weighted by molar-refractivity contribution is 5.15. The van der Waals surface area contributed by atoms with Gasteiger partial charge < -0.3 is 5.11 Å².